The number of nitriles is 1. The first-order valence-corrected chi connectivity index (χ1v) is 7.12. The van der Waals surface area contributed by atoms with E-state index >= 15 is 0 Å². The van der Waals surface area contributed by atoms with E-state index in [-0.39, 0.29) is 27.7 Å². The molecule has 0 radical (unpaired) electrons. The number of anilines is 1. The van der Waals surface area contributed by atoms with Crippen molar-refractivity contribution in [1.82, 2.24) is 9.55 Å². The van der Waals surface area contributed by atoms with Crippen LogP contribution in [-0.2, 0) is 4.74 Å². The van der Waals surface area contributed by atoms with E-state index in [0.717, 1.165) is 18.3 Å². The number of nitrogen functional groups attached to an aromatic ring is 1. The Balaban J connectivity index is 2.71. The van der Waals surface area contributed by atoms with Crippen LogP contribution in [0, 0.1) is 17.1 Å². The molecule has 0 unspecified atom stereocenters. The molecule has 0 saturated carbocycles. The summed E-state index contributed by atoms with van der Waals surface area (Å²) in [5, 5.41) is 8.78. The summed E-state index contributed by atoms with van der Waals surface area (Å²) in [4.78, 5) is 27.5. The number of nitrogens with two attached hydrogens (primary N) is 1. The molecule has 0 fully saturated rings. The Morgan fingerprint density at radius 2 is 2.17 bits per heavy atom. The lowest BCUT2D eigenvalue weighted by Crippen LogP contribution is -2.26. The Morgan fingerprint density at radius 3 is 2.75 bits per heavy atom. The molecule has 124 valence electrons. The van der Waals surface area contributed by atoms with Gasteiger partial charge in [0.2, 0.25) is 0 Å². The molecule has 0 aliphatic rings. The molecule has 0 aliphatic carbocycles. The van der Waals surface area contributed by atoms with Gasteiger partial charge in [-0.25, -0.2) is 18.5 Å². The smallest absolute Gasteiger partial charge is 0.353 e. The number of ether oxygens (including phenoxy) is 1. The van der Waals surface area contributed by atoms with E-state index < -0.39 is 23.6 Å². The third-order valence-corrected chi connectivity index (χ3v) is 3.29. The molecule has 1 heterocycles. The standard InChI is InChI=1S/C15H12ClFN4O3/c1-7(2)24-14(22)9-3-12(11(17)4-10(9)16)21-13(19)8(5-18)6-20-15(21)23/h3-4,6-7H,19H2,1-2H3. The Labute approximate surface area is 141 Å². The zero-order chi connectivity index (χ0) is 18.0. The highest BCUT2D eigenvalue weighted by Crippen LogP contribution is 2.25. The van der Waals surface area contributed by atoms with Gasteiger partial charge in [-0.1, -0.05) is 11.6 Å². The number of hydrogen-bond acceptors (Lipinski definition) is 6. The molecule has 2 N–H and O–H groups in total. The van der Waals surface area contributed by atoms with E-state index in [1.54, 1.807) is 19.9 Å². The number of rotatable bonds is 3. The lowest BCUT2D eigenvalue weighted by atomic mass is 10.1. The number of carbonyl (C=O) groups excluding carboxylic acids is 1. The minimum atomic E-state index is -0.910. The van der Waals surface area contributed by atoms with E-state index in [0.29, 0.717) is 4.57 Å². The van der Waals surface area contributed by atoms with Gasteiger partial charge in [-0.2, -0.15) is 10.2 Å². The van der Waals surface area contributed by atoms with Crippen LogP contribution in [0.4, 0.5) is 10.2 Å². The minimum absolute atomic E-state index is 0.116. The van der Waals surface area contributed by atoms with Crippen molar-refractivity contribution >= 4 is 23.4 Å². The second kappa shape index (κ2) is 6.68. The van der Waals surface area contributed by atoms with Crippen LogP contribution in [0.3, 0.4) is 0 Å². The average Bonchev–Trinajstić information content (AvgIpc) is 2.48. The van der Waals surface area contributed by atoms with Gasteiger partial charge in [-0.15, -0.1) is 0 Å². The molecule has 0 spiro atoms. The number of carbonyl (C=O) groups is 1. The van der Waals surface area contributed by atoms with Crippen LogP contribution in [0.1, 0.15) is 29.8 Å². The number of benzene rings is 1. The van der Waals surface area contributed by atoms with Gasteiger partial charge in [0.05, 0.1) is 28.6 Å². The van der Waals surface area contributed by atoms with Gasteiger partial charge in [-0.3, -0.25) is 0 Å². The predicted molar refractivity (Wildman–Crippen MR) is 84.5 cm³/mol. The molecule has 0 amide bonds. The van der Waals surface area contributed by atoms with Crippen LogP contribution in [0.15, 0.2) is 23.1 Å². The molecule has 24 heavy (non-hydrogen) atoms. The number of aromatic nitrogens is 2. The van der Waals surface area contributed by atoms with Gasteiger partial charge in [0.1, 0.15) is 23.3 Å². The molecule has 2 aromatic rings. The zero-order valence-corrected chi connectivity index (χ0v) is 13.5. The van der Waals surface area contributed by atoms with Gasteiger partial charge in [0, 0.05) is 0 Å². The molecule has 0 saturated heterocycles. The molecule has 9 heteroatoms. The summed E-state index contributed by atoms with van der Waals surface area (Å²) in [5.41, 5.74) is 4.20. The molecule has 0 bridgehead atoms. The number of esters is 1. The second-order valence-electron chi connectivity index (χ2n) is 5.02. The number of hydrogen-bond donors (Lipinski definition) is 1. The van der Waals surface area contributed by atoms with Gasteiger partial charge in [-0.05, 0) is 26.0 Å². The largest absolute Gasteiger partial charge is 0.459 e. The van der Waals surface area contributed by atoms with Gasteiger partial charge >= 0.3 is 11.7 Å². The highest BCUT2D eigenvalue weighted by atomic mass is 35.5. The summed E-state index contributed by atoms with van der Waals surface area (Å²) >= 11 is 5.88. The first kappa shape index (κ1) is 17.4. The van der Waals surface area contributed by atoms with E-state index in [9.17, 15) is 14.0 Å². The van der Waals surface area contributed by atoms with Crippen LogP contribution in [-0.4, -0.2) is 21.6 Å². The maximum Gasteiger partial charge on any atom is 0.353 e. The fourth-order valence-electron chi connectivity index (χ4n) is 1.93. The van der Waals surface area contributed by atoms with Crippen LogP contribution in [0.5, 0.6) is 0 Å². The third-order valence-electron chi connectivity index (χ3n) is 2.97. The lowest BCUT2D eigenvalue weighted by molar-refractivity contribution is 0.0378. The van der Waals surface area contributed by atoms with Crippen molar-refractivity contribution in [3.05, 3.63) is 50.8 Å². The molecule has 1 aromatic carbocycles. The van der Waals surface area contributed by atoms with Crippen LogP contribution in [0.2, 0.25) is 5.02 Å². The molecular weight excluding hydrogens is 339 g/mol. The monoisotopic (exact) mass is 350 g/mol. The molecule has 7 nitrogen and oxygen atoms in total. The van der Waals surface area contributed by atoms with E-state index in [2.05, 4.69) is 4.98 Å². The summed E-state index contributed by atoms with van der Waals surface area (Å²) < 4.78 is 20.0. The van der Waals surface area contributed by atoms with Crippen molar-refractivity contribution in [3.63, 3.8) is 0 Å². The summed E-state index contributed by atoms with van der Waals surface area (Å²) in [7, 11) is 0. The topological polar surface area (TPSA) is 111 Å². The van der Waals surface area contributed by atoms with Crippen molar-refractivity contribution in [2.75, 3.05) is 5.73 Å². The maximum atomic E-state index is 14.3. The highest BCUT2D eigenvalue weighted by molar-refractivity contribution is 6.33. The Morgan fingerprint density at radius 1 is 1.50 bits per heavy atom. The lowest BCUT2D eigenvalue weighted by Gasteiger charge is -2.14. The molecule has 0 atom stereocenters. The molecule has 1 aromatic heterocycles. The highest BCUT2D eigenvalue weighted by Gasteiger charge is 2.20. The van der Waals surface area contributed by atoms with Crippen LogP contribution < -0.4 is 11.4 Å². The van der Waals surface area contributed by atoms with E-state index in [4.69, 9.17) is 27.3 Å². The zero-order valence-electron chi connectivity index (χ0n) is 12.7. The summed E-state index contributed by atoms with van der Waals surface area (Å²) in [6.45, 7) is 3.28. The SMILES string of the molecule is CC(C)OC(=O)c1cc(-n2c(N)c(C#N)cnc2=O)c(F)cc1Cl. The first-order valence-electron chi connectivity index (χ1n) is 6.74. The Kier molecular flexibility index (Phi) is 4.85. The minimum Gasteiger partial charge on any atom is -0.459 e. The molecular formula is C15H12ClFN4O3. The second-order valence-corrected chi connectivity index (χ2v) is 5.43. The van der Waals surface area contributed by atoms with Gasteiger partial charge in [0.25, 0.3) is 0 Å². The predicted octanol–water partition coefficient (Wildman–Crippen LogP) is 2.04. The van der Waals surface area contributed by atoms with Crippen LogP contribution >= 0.6 is 11.6 Å². The van der Waals surface area contributed by atoms with Crippen molar-refractivity contribution < 1.29 is 13.9 Å². The Hall–Kier alpha value is -2.92. The summed E-state index contributed by atoms with van der Waals surface area (Å²) in [5.74, 6) is -2.00. The number of nitrogens with zero attached hydrogens (tertiary/aromatic N) is 3. The third kappa shape index (κ3) is 3.21. The quantitative estimate of drug-likeness (QED) is 0.848. The van der Waals surface area contributed by atoms with Crippen molar-refractivity contribution in [2.24, 2.45) is 0 Å². The van der Waals surface area contributed by atoms with Gasteiger partial charge in [0.15, 0.2) is 0 Å². The molecule has 2 rings (SSSR count). The van der Waals surface area contributed by atoms with Gasteiger partial charge < -0.3 is 10.5 Å². The fraction of sp³-hybridized carbons (Fsp3) is 0.200. The van der Waals surface area contributed by atoms with E-state index in [1.165, 1.54) is 0 Å². The van der Waals surface area contributed by atoms with Crippen molar-refractivity contribution in [2.45, 2.75) is 20.0 Å². The Bertz CT molecular complexity index is 918. The first-order chi connectivity index (χ1) is 11.3. The van der Waals surface area contributed by atoms with Crippen LogP contribution in [0.25, 0.3) is 5.69 Å². The van der Waals surface area contributed by atoms with Crippen molar-refractivity contribution in [1.29, 1.82) is 5.26 Å². The average molecular weight is 351 g/mol. The summed E-state index contributed by atoms with van der Waals surface area (Å²) in [6.07, 6.45) is 0.564. The van der Waals surface area contributed by atoms with E-state index in [1.807, 2.05) is 0 Å². The summed E-state index contributed by atoms with van der Waals surface area (Å²) in [6, 6.07) is 3.63. The maximum absolute atomic E-state index is 14.3. The molecule has 0 aliphatic heterocycles. The fourth-order valence-corrected chi connectivity index (χ4v) is 2.16. The van der Waals surface area contributed by atoms with Crippen molar-refractivity contribution in [3.8, 4) is 11.8 Å². The number of halogens is 2. The normalized spacial score (nSPS) is 10.5.